The van der Waals surface area contributed by atoms with Crippen molar-refractivity contribution in [2.45, 2.75) is 6.92 Å². The lowest BCUT2D eigenvalue weighted by Crippen LogP contribution is -2.40. The number of hydrogen-bond donors (Lipinski definition) is 1. The molecule has 0 spiro atoms. The Bertz CT molecular complexity index is 514. The number of amides is 1. The molecular formula is C12H16N4O4. The second-order valence-corrected chi connectivity index (χ2v) is 4.28. The van der Waals surface area contributed by atoms with E-state index in [1.807, 2.05) is 6.92 Å². The molecule has 1 aliphatic rings. The van der Waals surface area contributed by atoms with Crippen LogP contribution in [0.3, 0.4) is 0 Å². The maximum absolute atomic E-state index is 12.4. The van der Waals surface area contributed by atoms with Crippen LogP contribution in [0, 0.1) is 10.1 Å². The first kappa shape index (κ1) is 14.2. The molecule has 1 amide bonds. The molecule has 108 valence electrons. The van der Waals surface area contributed by atoms with Crippen molar-refractivity contribution in [3.05, 3.63) is 27.9 Å². The third kappa shape index (κ3) is 3.02. The van der Waals surface area contributed by atoms with Gasteiger partial charge in [-0.05, 0) is 6.92 Å². The molecule has 0 bridgehead atoms. The second-order valence-electron chi connectivity index (χ2n) is 4.28. The summed E-state index contributed by atoms with van der Waals surface area (Å²) in [4.78, 5) is 28.3. The Morgan fingerprint density at radius 3 is 2.85 bits per heavy atom. The zero-order chi connectivity index (χ0) is 14.5. The van der Waals surface area contributed by atoms with Gasteiger partial charge in [0.15, 0.2) is 0 Å². The molecule has 1 fully saturated rings. The van der Waals surface area contributed by atoms with Crippen LogP contribution in [0.5, 0.6) is 0 Å². The van der Waals surface area contributed by atoms with E-state index in [0.717, 1.165) is 6.20 Å². The Balaban J connectivity index is 2.32. The molecule has 8 nitrogen and oxygen atoms in total. The molecule has 1 N–H and O–H groups in total. The summed E-state index contributed by atoms with van der Waals surface area (Å²) in [7, 11) is 0. The number of nitro groups is 1. The van der Waals surface area contributed by atoms with Gasteiger partial charge in [0.25, 0.3) is 11.6 Å². The molecule has 20 heavy (non-hydrogen) atoms. The average molecular weight is 280 g/mol. The van der Waals surface area contributed by atoms with E-state index in [2.05, 4.69) is 10.3 Å². The molecule has 8 heteroatoms. The molecule has 2 heterocycles. The Labute approximate surface area is 115 Å². The van der Waals surface area contributed by atoms with Crippen molar-refractivity contribution in [2.24, 2.45) is 0 Å². The van der Waals surface area contributed by atoms with Crippen LogP contribution < -0.4 is 5.32 Å². The Hall–Kier alpha value is -2.22. The van der Waals surface area contributed by atoms with Crippen molar-refractivity contribution in [3.63, 3.8) is 0 Å². The van der Waals surface area contributed by atoms with Crippen molar-refractivity contribution >= 4 is 17.4 Å². The maximum Gasteiger partial charge on any atom is 0.300 e. The zero-order valence-electron chi connectivity index (χ0n) is 11.2. The number of morpholine rings is 1. The molecular weight excluding hydrogens is 264 g/mol. The molecule has 2 rings (SSSR count). The number of pyridine rings is 1. The van der Waals surface area contributed by atoms with Gasteiger partial charge in [-0.15, -0.1) is 0 Å². The number of carbonyl (C=O) groups excluding carboxylic acids is 1. The normalized spacial score (nSPS) is 14.9. The van der Waals surface area contributed by atoms with E-state index in [1.165, 1.54) is 6.07 Å². The third-order valence-corrected chi connectivity index (χ3v) is 2.97. The molecule has 1 saturated heterocycles. The number of ether oxygens (including phenoxy) is 1. The molecule has 0 saturated carbocycles. The van der Waals surface area contributed by atoms with Crippen LogP contribution in [0.2, 0.25) is 0 Å². The fourth-order valence-corrected chi connectivity index (χ4v) is 1.98. The highest BCUT2D eigenvalue weighted by Gasteiger charge is 2.26. The van der Waals surface area contributed by atoms with Gasteiger partial charge < -0.3 is 15.0 Å². The van der Waals surface area contributed by atoms with Crippen molar-refractivity contribution in [3.8, 4) is 0 Å². The predicted molar refractivity (Wildman–Crippen MR) is 71.8 cm³/mol. The standard InChI is InChI=1S/C12H16N4O4/c1-2-13-11-7-9(10(8-14-11)16(18)19)12(17)15-3-5-20-6-4-15/h7-8H,2-6H2,1H3,(H,13,14). The second kappa shape index (κ2) is 6.29. The summed E-state index contributed by atoms with van der Waals surface area (Å²) < 4.78 is 5.17. The van der Waals surface area contributed by atoms with Gasteiger partial charge in [-0.25, -0.2) is 4.98 Å². The summed E-state index contributed by atoms with van der Waals surface area (Å²) in [6, 6.07) is 1.43. The van der Waals surface area contributed by atoms with Crippen molar-refractivity contribution in [1.82, 2.24) is 9.88 Å². The average Bonchev–Trinajstić information content (AvgIpc) is 2.47. The quantitative estimate of drug-likeness (QED) is 0.650. The molecule has 1 aromatic heterocycles. The first-order valence-corrected chi connectivity index (χ1v) is 6.38. The summed E-state index contributed by atoms with van der Waals surface area (Å²) in [6.07, 6.45) is 1.12. The smallest absolute Gasteiger partial charge is 0.300 e. The van der Waals surface area contributed by atoms with Gasteiger partial charge in [0.2, 0.25) is 0 Å². The molecule has 0 aliphatic carbocycles. The molecule has 1 aromatic rings. The predicted octanol–water partition coefficient (Wildman–Crippen LogP) is 0.894. The number of rotatable bonds is 4. The topological polar surface area (TPSA) is 97.6 Å². The van der Waals surface area contributed by atoms with Crippen molar-refractivity contribution < 1.29 is 14.5 Å². The maximum atomic E-state index is 12.4. The van der Waals surface area contributed by atoms with E-state index in [9.17, 15) is 14.9 Å². The highest BCUT2D eigenvalue weighted by atomic mass is 16.6. The first-order chi connectivity index (χ1) is 9.63. The van der Waals surface area contributed by atoms with Gasteiger partial charge >= 0.3 is 0 Å². The minimum Gasteiger partial charge on any atom is -0.378 e. The number of aromatic nitrogens is 1. The summed E-state index contributed by atoms with van der Waals surface area (Å²) in [5, 5.41) is 14.0. The van der Waals surface area contributed by atoms with E-state index < -0.39 is 4.92 Å². The Morgan fingerprint density at radius 1 is 1.55 bits per heavy atom. The fourth-order valence-electron chi connectivity index (χ4n) is 1.98. The largest absolute Gasteiger partial charge is 0.378 e. The lowest BCUT2D eigenvalue weighted by Gasteiger charge is -2.26. The Kier molecular flexibility index (Phi) is 4.46. The van der Waals surface area contributed by atoms with Gasteiger partial charge in [0, 0.05) is 25.7 Å². The van der Waals surface area contributed by atoms with E-state index in [1.54, 1.807) is 4.90 Å². The van der Waals surface area contributed by atoms with Crippen LogP contribution in [0.25, 0.3) is 0 Å². The van der Waals surface area contributed by atoms with Crippen LogP contribution in [-0.4, -0.2) is 53.6 Å². The molecule has 1 aliphatic heterocycles. The van der Waals surface area contributed by atoms with Gasteiger partial charge in [0.05, 0.1) is 18.1 Å². The molecule has 0 unspecified atom stereocenters. The van der Waals surface area contributed by atoms with E-state index in [4.69, 9.17) is 4.74 Å². The van der Waals surface area contributed by atoms with Crippen LogP contribution >= 0.6 is 0 Å². The lowest BCUT2D eigenvalue weighted by atomic mass is 10.2. The van der Waals surface area contributed by atoms with Crippen LogP contribution in [-0.2, 0) is 4.74 Å². The van der Waals surface area contributed by atoms with Crippen LogP contribution in [0.15, 0.2) is 12.3 Å². The van der Waals surface area contributed by atoms with Gasteiger partial charge in [-0.2, -0.15) is 0 Å². The highest BCUT2D eigenvalue weighted by molar-refractivity contribution is 5.98. The third-order valence-electron chi connectivity index (χ3n) is 2.97. The van der Waals surface area contributed by atoms with Gasteiger partial charge in [-0.3, -0.25) is 14.9 Å². The monoisotopic (exact) mass is 280 g/mol. The number of hydrogen-bond acceptors (Lipinski definition) is 6. The summed E-state index contributed by atoms with van der Waals surface area (Å²) in [5.74, 6) is 0.0938. The zero-order valence-corrected chi connectivity index (χ0v) is 11.2. The molecule has 0 atom stereocenters. The van der Waals surface area contributed by atoms with E-state index in [0.29, 0.717) is 38.7 Å². The first-order valence-electron chi connectivity index (χ1n) is 6.38. The summed E-state index contributed by atoms with van der Waals surface area (Å²) in [5.41, 5.74) is -0.217. The molecule has 0 radical (unpaired) electrons. The minimum absolute atomic E-state index is 0.0582. The molecule has 0 aromatic carbocycles. The van der Waals surface area contributed by atoms with Crippen molar-refractivity contribution in [2.75, 3.05) is 38.2 Å². The number of carbonyl (C=O) groups is 1. The fraction of sp³-hybridized carbons (Fsp3) is 0.500. The van der Waals surface area contributed by atoms with E-state index >= 15 is 0 Å². The number of anilines is 1. The van der Waals surface area contributed by atoms with Crippen molar-refractivity contribution in [1.29, 1.82) is 0 Å². The lowest BCUT2D eigenvalue weighted by molar-refractivity contribution is -0.385. The van der Waals surface area contributed by atoms with Gasteiger partial charge in [-0.1, -0.05) is 0 Å². The minimum atomic E-state index is -0.587. The number of nitrogens with one attached hydrogen (secondary N) is 1. The van der Waals surface area contributed by atoms with E-state index in [-0.39, 0.29) is 17.2 Å². The highest BCUT2D eigenvalue weighted by Crippen LogP contribution is 2.22. The summed E-state index contributed by atoms with van der Waals surface area (Å²) >= 11 is 0. The van der Waals surface area contributed by atoms with Crippen LogP contribution in [0.4, 0.5) is 11.5 Å². The SMILES string of the molecule is CCNc1cc(C(=O)N2CCOCC2)c([N+](=O)[O-])cn1. The number of nitrogens with zero attached hydrogens (tertiary/aromatic N) is 3. The van der Waals surface area contributed by atoms with Crippen LogP contribution in [0.1, 0.15) is 17.3 Å². The Morgan fingerprint density at radius 2 is 2.25 bits per heavy atom. The summed E-state index contributed by atoms with van der Waals surface area (Å²) in [6.45, 7) is 4.28. The van der Waals surface area contributed by atoms with Gasteiger partial charge in [0.1, 0.15) is 17.6 Å².